The maximum absolute atomic E-state index is 14.0. The summed E-state index contributed by atoms with van der Waals surface area (Å²) in [5.41, 5.74) is -0.228. The SMILES string of the molecule is CCN(c1ccc(F)cc1F)S(=O)(=O)c1ccc(OC)c(OC)c1. The number of ether oxygens (including phenoxy) is 2. The van der Waals surface area contributed by atoms with Crippen molar-refractivity contribution in [3.8, 4) is 11.5 Å². The Morgan fingerprint density at radius 1 is 1.00 bits per heavy atom. The molecular formula is C16H17F2NO4S. The third-order valence-electron chi connectivity index (χ3n) is 3.41. The summed E-state index contributed by atoms with van der Waals surface area (Å²) >= 11 is 0. The average molecular weight is 357 g/mol. The van der Waals surface area contributed by atoms with Crippen LogP contribution in [-0.4, -0.2) is 29.2 Å². The standard InChI is InChI=1S/C16H17F2NO4S/c1-4-19(14-7-5-11(17)9-13(14)18)24(20,21)12-6-8-15(22-2)16(10-12)23-3/h5-10H,4H2,1-3H3. The van der Waals surface area contributed by atoms with Crippen LogP contribution in [-0.2, 0) is 10.0 Å². The van der Waals surface area contributed by atoms with Gasteiger partial charge >= 0.3 is 0 Å². The lowest BCUT2D eigenvalue weighted by Crippen LogP contribution is -2.31. The number of nitrogens with zero attached hydrogens (tertiary/aromatic N) is 1. The lowest BCUT2D eigenvalue weighted by molar-refractivity contribution is 0.354. The first-order valence-corrected chi connectivity index (χ1v) is 8.49. The predicted octanol–water partition coefficient (Wildman–Crippen LogP) is 3.20. The topological polar surface area (TPSA) is 55.8 Å². The van der Waals surface area contributed by atoms with E-state index in [0.717, 1.165) is 16.4 Å². The summed E-state index contributed by atoms with van der Waals surface area (Å²) in [6.45, 7) is 1.53. The highest BCUT2D eigenvalue weighted by Gasteiger charge is 2.27. The number of sulfonamides is 1. The Kier molecular flexibility index (Phi) is 5.28. The van der Waals surface area contributed by atoms with Gasteiger partial charge in [-0.1, -0.05) is 0 Å². The van der Waals surface area contributed by atoms with Crippen molar-refractivity contribution < 1.29 is 26.7 Å². The third-order valence-corrected chi connectivity index (χ3v) is 5.29. The molecule has 2 rings (SSSR count). The fraction of sp³-hybridized carbons (Fsp3) is 0.250. The first-order chi connectivity index (χ1) is 11.3. The van der Waals surface area contributed by atoms with Crippen LogP contribution in [0.5, 0.6) is 11.5 Å². The van der Waals surface area contributed by atoms with E-state index >= 15 is 0 Å². The summed E-state index contributed by atoms with van der Waals surface area (Å²) in [7, 11) is -1.25. The highest BCUT2D eigenvalue weighted by atomic mass is 32.2. The molecule has 0 saturated carbocycles. The van der Waals surface area contributed by atoms with Crippen LogP contribution in [0.1, 0.15) is 6.92 Å². The van der Waals surface area contributed by atoms with E-state index in [9.17, 15) is 17.2 Å². The Bertz CT molecular complexity index is 840. The molecule has 0 spiro atoms. The first kappa shape index (κ1) is 18.0. The summed E-state index contributed by atoms with van der Waals surface area (Å²) < 4.78 is 63.8. The van der Waals surface area contributed by atoms with E-state index in [4.69, 9.17) is 9.47 Å². The van der Waals surface area contributed by atoms with Gasteiger partial charge in [-0.25, -0.2) is 17.2 Å². The molecule has 0 aliphatic heterocycles. The molecule has 0 fully saturated rings. The average Bonchev–Trinajstić information content (AvgIpc) is 2.56. The van der Waals surface area contributed by atoms with E-state index in [-0.39, 0.29) is 22.9 Å². The Balaban J connectivity index is 2.54. The molecule has 8 heteroatoms. The second-order valence-corrected chi connectivity index (χ2v) is 6.64. The van der Waals surface area contributed by atoms with E-state index in [0.29, 0.717) is 11.8 Å². The second-order valence-electron chi connectivity index (χ2n) is 4.78. The molecule has 0 aliphatic rings. The van der Waals surface area contributed by atoms with Crippen molar-refractivity contribution in [1.29, 1.82) is 0 Å². The molecule has 0 N–H and O–H groups in total. The van der Waals surface area contributed by atoms with Gasteiger partial charge < -0.3 is 9.47 Å². The van der Waals surface area contributed by atoms with E-state index in [1.54, 1.807) is 6.92 Å². The molecule has 5 nitrogen and oxygen atoms in total. The normalized spacial score (nSPS) is 11.2. The van der Waals surface area contributed by atoms with E-state index in [1.165, 1.54) is 32.4 Å². The third kappa shape index (κ3) is 3.28. The second kappa shape index (κ2) is 7.04. The monoisotopic (exact) mass is 357 g/mol. The number of halogens is 2. The molecule has 0 heterocycles. The molecule has 0 atom stereocenters. The zero-order valence-corrected chi connectivity index (χ0v) is 14.2. The van der Waals surface area contributed by atoms with Crippen molar-refractivity contribution in [1.82, 2.24) is 0 Å². The number of hydrogen-bond donors (Lipinski definition) is 0. The summed E-state index contributed by atoms with van der Waals surface area (Å²) in [5.74, 6) is -1.14. The number of anilines is 1. The summed E-state index contributed by atoms with van der Waals surface area (Å²) in [6.07, 6.45) is 0. The van der Waals surface area contributed by atoms with Crippen LogP contribution in [0.2, 0.25) is 0 Å². The van der Waals surface area contributed by atoms with Gasteiger partial charge in [0.25, 0.3) is 10.0 Å². The van der Waals surface area contributed by atoms with Gasteiger partial charge in [0.1, 0.15) is 11.6 Å². The minimum Gasteiger partial charge on any atom is -0.493 e. The van der Waals surface area contributed by atoms with Crippen molar-refractivity contribution in [2.75, 3.05) is 25.1 Å². The molecule has 0 unspecified atom stereocenters. The molecular weight excluding hydrogens is 340 g/mol. The Morgan fingerprint density at radius 3 is 2.21 bits per heavy atom. The van der Waals surface area contributed by atoms with Gasteiger partial charge in [-0.05, 0) is 31.2 Å². The number of hydrogen-bond acceptors (Lipinski definition) is 4. The Labute approximate surface area is 139 Å². The number of benzene rings is 2. The van der Waals surface area contributed by atoms with Crippen molar-refractivity contribution >= 4 is 15.7 Å². The Hall–Kier alpha value is -2.35. The zero-order valence-electron chi connectivity index (χ0n) is 13.4. The highest BCUT2D eigenvalue weighted by Crippen LogP contribution is 2.32. The van der Waals surface area contributed by atoms with Crippen LogP contribution in [0.4, 0.5) is 14.5 Å². The largest absolute Gasteiger partial charge is 0.493 e. The van der Waals surface area contributed by atoms with Crippen LogP contribution in [0.3, 0.4) is 0 Å². The minimum absolute atomic E-state index is 0.0285. The van der Waals surface area contributed by atoms with Crippen molar-refractivity contribution in [2.24, 2.45) is 0 Å². The molecule has 0 aliphatic carbocycles. The first-order valence-electron chi connectivity index (χ1n) is 7.05. The van der Waals surface area contributed by atoms with Gasteiger partial charge in [0.05, 0.1) is 24.8 Å². The maximum Gasteiger partial charge on any atom is 0.264 e. The molecule has 0 amide bonds. The predicted molar refractivity (Wildman–Crippen MR) is 86.1 cm³/mol. The van der Waals surface area contributed by atoms with Gasteiger partial charge in [0, 0.05) is 18.7 Å². The Morgan fingerprint density at radius 2 is 1.67 bits per heavy atom. The molecule has 0 radical (unpaired) electrons. The summed E-state index contributed by atoms with van der Waals surface area (Å²) in [6, 6.07) is 6.80. The maximum atomic E-state index is 14.0. The van der Waals surface area contributed by atoms with E-state index in [1.807, 2.05) is 0 Å². The van der Waals surface area contributed by atoms with Crippen LogP contribution < -0.4 is 13.8 Å². The van der Waals surface area contributed by atoms with Gasteiger partial charge in [0.15, 0.2) is 11.5 Å². The summed E-state index contributed by atoms with van der Waals surface area (Å²) in [4.78, 5) is -0.0919. The van der Waals surface area contributed by atoms with Crippen molar-refractivity contribution in [3.63, 3.8) is 0 Å². The molecule has 2 aromatic rings. The molecule has 24 heavy (non-hydrogen) atoms. The van der Waals surface area contributed by atoms with Gasteiger partial charge in [-0.15, -0.1) is 0 Å². The van der Waals surface area contributed by atoms with E-state index < -0.39 is 21.7 Å². The van der Waals surface area contributed by atoms with Crippen molar-refractivity contribution in [3.05, 3.63) is 48.0 Å². The fourth-order valence-electron chi connectivity index (χ4n) is 2.26. The van der Waals surface area contributed by atoms with Gasteiger partial charge in [-0.2, -0.15) is 0 Å². The number of rotatable bonds is 6. The van der Waals surface area contributed by atoms with Crippen molar-refractivity contribution in [2.45, 2.75) is 11.8 Å². The van der Waals surface area contributed by atoms with Crippen LogP contribution in [0.25, 0.3) is 0 Å². The summed E-state index contributed by atoms with van der Waals surface area (Å²) in [5, 5.41) is 0. The molecule has 0 aromatic heterocycles. The van der Waals surface area contributed by atoms with E-state index in [2.05, 4.69) is 0 Å². The van der Waals surface area contributed by atoms with Gasteiger partial charge in [0.2, 0.25) is 0 Å². The highest BCUT2D eigenvalue weighted by molar-refractivity contribution is 7.92. The molecule has 0 saturated heterocycles. The quantitative estimate of drug-likeness (QED) is 0.797. The fourth-order valence-corrected chi connectivity index (χ4v) is 3.75. The van der Waals surface area contributed by atoms with Crippen LogP contribution >= 0.6 is 0 Å². The lowest BCUT2D eigenvalue weighted by atomic mass is 10.3. The number of methoxy groups -OCH3 is 2. The molecule has 2 aromatic carbocycles. The smallest absolute Gasteiger partial charge is 0.264 e. The zero-order chi connectivity index (χ0) is 17.9. The minimum atomic E-state index is -4.06. The van der Waals surface area contributed by atoms with Crippen LogP contribution in [0, 0.1) is 11.6 Å². The van der Waals surface area contributed by atoms with Gasteiger partial charge in [-0.3, -0.25) is 4.31 Å². The lowest BCUT2D eigenvalue weighted by Gasteiger charge is -2.23. The molecule has 130 valence electrons. The molecule has 0 bridgehead atoms. The van der Waals surface area contributed by atoms with Crippen LogP contribution in [0.15, 0.2) is 41.3 Å².